The van der Waals surface area contributed by atoms with Gasteiger partial charge in [-0.25, -0.2) is 9.78 Å². The summed E-state index contributed by atoms with van der Waals surface area (Å²) in [6.45, 7) is 18.4. The molecule has 2 spiro atoms. The number of fused-ring (bicyclic) bond motifs is 2. The summed E-state index contributed by atoms with van der Waals surface area (Å²) in [7, 11) is 0. The molecule has 6 aliphatic rings. The van der Waals surface area contributed by atoms with Crippen LogP contribution in [0, 0.1) is 45.8 Å². The normalized spacial score (nSPS) is 50.0. The molecular formula is C31H48O4. The van der Waals surface area contributed by atoms with Gasteiger partial charge in [-0.15, -0.1) is 0 Å². The summed E-state index contributed by atoms with van der Waals surface area (Å²) in [5.74, 6) is 2.71. The van der Waals surface area contributed by atoms with E-state index in [1.165, 1.54) is 32.6 Å². The summed E-state index contributed by atoms with van der Waals surface area (Å²) < 4.78 is 5.65. The number of ether oxygens (including phenoxy) is 1. The number of hydrogen-bond acceptors (Lipinski definition) is 4. The third-order valence-electron chi connectivity index (χ3n) is 12.3. The van der Waals surface area contributed by atoms with Crippen molar-refractivity contribution in [1.29, 1.82) is 0 Å². The van der Waals surface area contributed by atoms with E-state index in [2.05, 4.69) is 72.8 Å². The highest BCUT2D eigenvalue weighted by Crippen LogP contribution is 2.77. The molecule has 196 valence electrons. The van der Waals surface area contributed by atoms with Gasteiger partial charge in [-0.2, -0.15) is 0 Å². The maximum absolute atomic E-state index is 11.7. The van der Waals surface area contributed by atoms with Gasteiger partial charge in [0.2, 0.25) is 0 Å². The lowest BCUT2D eigenvalue weighted by Crippen LogP contribution is -2.76. The van der Waals surface area contributed by atoms with E-state index in [0.717, 1.165) is 12.8 Å². The first-order valence-corrected chi connectivity index (χ1v) is 14.3. The molecule has 0 aromatic rings. The molecule has 3 saturated carbocycles. The van der Waals surface area contributed by atoms with Crippen molar-refractivity contribution in [3.8, 4) is 0 Å². The number of carbonyl (C=O) groups is 1. The van der Waals surface area contributed by atoms with Crippen LogP contribution in [0.2, 0.25) is 0 Å². The highest BCUT2D eigenvalue weighted by molar-refractivity contribution is 5.66. The fourth-order valence-corrected chi connectivity index (χ4v) is 9.39. The van der Waals surface area contributed by atoms with Gasteiger partial charge < -0.3 is 4.74 Å². The number of carbonyl (C=O) groups excluding carboxylic acids is 1. The Balaban J connectivity index is 1.47. The molecular weight excluding hydrogens is 436 g/mol. The quantitative estimate of drug-likeness (QED) is 0.231. The maximum atomic E-state index is 11.7. The molecule has 0 aromatic heterocycles. The smallest absolute Gasteiger partial charge is 0.302 e. The number of allylic oxidation sites excluding steroid dienone is 2. The van der Waals surface area contributed by atoms with Crippen LogP contribution in [0.5, 0.6) is 0 Å². The van der Waals surface area contributed by atoms with Crippen molar-refractivity contribution in [3.05, 3.63) is 24.3 Å². The molecule has 4 fully saturated rings. The largest absolute Gasteiger partial charge is 0.462 e. The fraction of sp³-hybridized carbons (Fsp3) is 0.839. The lowest BCUT2D eigenvalue weighted by atomic mass is 9.38. The van der Waals surface area contributed by atoms with Crippen LogP contribution in [0.3, 0.4) is 0 Å². The lowest BCUT2D eigenvalue weighted by molar-refractivity contribution is -0.508. The van der Waals surface area contributed by atoms with Gasteiger partial charge in [0.25, 0.3) is 0 Å². The molecule has 2 heterocycles. The van der Waals surface area contributed by atoms with E-state index in [1.807, 2.05) is 0 Å². The number of hydrogen-bond donors (Lipinski definition) is 0. The SMILES string of the molecule is CC(=O)O[C@H]1CC[C@]2(C)[C@H]3CC[C@]4(C)[C@@H]([C@H](C)/C=C/[C@H](C)C(C)C)CC[C@@]4(C)[C@@]34C=C[C@]2(C1)OO4. The maximum Gasteiger partial charge on any atom is 0.302 e. The zero-order valence-corrected chi connectivity index (χ0v) is 23.4. The number of esters is 1. The van der Waals surface area contributed by atoms with E-state index in [9.17, 15) is 4.79 Å². The highest BCUT2D eigenvalue weighted by atomic mass is 17.2. The molecule has 10 atom stereocenters. The predicted molar refractivity (Wildman–Crippen MR) is 138 cm³/mol. The Morgan fingerprint density at radius 2 is 1.66 bits per heavy atom. The summed E-state index contributed by atoms with van der Waals surface area (Å²) in [5.41, 5.74) is -0.656. The first-order valence-electron chi connectivity index (χ1n) is 14.3. The lowest BCUT2D eigenvalue weighted by Gasteiger charge is -2.72. The summed E-state index contributed by atoms with van der Waals surface area (Å²) >= 11 is 0. The Morgan fingerprint density at radius 3 is 2.29 bits per heavy atom. The Kier molecular flexibility index (Phi) is 5.97. The first-order chi connectivity index (χ1) is 16.3. The van der Waals surface area contributed by atoms with Crippen LogP contribution < -0.4 is 0 Å². The molecule has 35 heavy (non-hydrogen) atoms. The summed E-state index contributed by atoms with van der Waals surface area (Å²) in [6, 6.07) is 0. The molecule has 0 unspecified atom stereocenters. The van der Waals surface area contributed by atoms with Crippen molar-refractivity contribution in [2.75, 3.05) is 0 Å². The van der Waals surface area contributed by atoms with Crippen molar-refractivity contribution in [2.45, 2.75) is 118 Å². The molecule has 4 heteroatoms. The monoisotopic (exact) mass is 484 g/mol. The Hall–Kier alpha value is -1.13. The Bertz CT molecular complexity index is 923. The van der Waals surface area contributed by atoms with Crippen LogP contribution in [-0.2, 0) is 19.3 Å². The van der Waals surface area contributed by atoms with Gasteiger partial charge in [0.1, 0.15) is 17.3 Å². The molecule has 6 rings (SSSR count). The van der Waals surface area contributed by atoms with Gasteiger partial charge in [0.15, 0.2) is 0 Å². The van der Waals surface area contributed by atoms with Crippen LogP contribution in [0.1, 0.15) is 100 Å². The zero-order valence-electron chi connectivity index (χ0n) is 23.4. The van der Waals surface area contributed by atoms with Gasteiger partial charge in [0.05, 0.1) is 0 Å². The van der Waals surface area contributed by atoms with Gasteiger partial charge in [-0.05, 0) is 79.8 Å². The van der Waals surface area contributed by atoms with Crippen LogP contribution in [0.25, 0.3) is 0 Å². The third-order valence-corrected chi connectivity index (χ3v) is 12.3. The van der Waals surface area contributed by atoms with Crippen molar-refractivity contribution in [3.63, 3.8) is 0 Å². The minimum atomic E-state index is -0.497. The average Bonchev–Trinajstić information content (AvgIpc) is 3.08. The van der Waals surface area contributed by atoms with Gasteiger partial charge in [-0.1, -0.05) is 60.6 Å². The van der Waals surface area contributed by atoms with E-state index in [0.29, 0.717) is 36.0 Å². The van der Waals surface area contributed by atoms with Gasteiger partial charge in [0, 0.05) is 30.1 Å². The zero-order chi connectivity index (χ0) is 25.4. The van der Waals surface area contributed by atoms with Gasteiger partial charge in [-0.3, -0.25) is 4.79 Å². The van der Waals surface area contributed by atoms with Crippen molar-refractivity contribution in [1.82, 2.24) is 0 Å². The van der Waals surface area contributed by atoms with Crippen LogP contribution >= 0.6 is 0 Å². The number of rotatable bonds is 5. The summed E-state index contributed by atoms with van der Waals surface area (Å²) in [4.78, 5) is 24.8. The molecule has 4 nitrogen and oxygen atoms in total. The van der Waals surface area contributed by atoms with Crippen molar-refractivity contribution >= 4 is 5.97 Å². The standard InChI is InChI=1S/C31H48O4/c1-20(2)21(3)9-10-22(4)25-12-16-29(8)27(25,6)15-13-26-28(7)14-11-24(33-23(5)32)19-30(28)17-18-31(26,29)35-34-30/h9-10,17-18,20-22,24-26H,11-16,19H2,1-8H3/b10-9+/t21-,22+,24-,25+,26+,27+,28+,29+,30+,31+/m0/s1. The second-order valence-electron chi connectivity index (χ2n) is 13.9. The average molecular weight is 485 g/mol. The molecule has 0 aromatic carbocycles. The topological polar surface area (TPSA) is 44.8 Å². The van der Waals surface area contributed by atoms with Crippen LogP contribution in [0.15, 0.2) is 24.3 Å². The third kappa shape index (κ3) is 3.27. The van der Waals surface area contributed by atoms with Crippen LogP contribution in [-0.4, -0.2) is 23.3 Å². The van der Waals surface area contributed by atoms with Crippen molar-refractivity contribution in [2.24, 2.45) is 45.8 Å². The molecule has 0 N–H and O–H groups in total. The Labute approximate surface area is 213 Å². The molecule has 4 aliphatic carbocycles. The van der Waals surface area contributed by atoms with Crippen LogP contribution in [0.4, 0.5) is 0 Å². The minimum Gasteiger partial charge on any atom is -0.462 e. The first kappa shape index (κ1) is 25.5. The molecule has 0 amide bonds. The van der Waals surface area contributed by atoms with Gasteiger partial charge >= 0.3 is 5.97 Å². The molecule has 2 aliphatic heterocycles. The van der Waals surface area contributed by atoms with E-state index in [4.69, 9.17) is 14.5 Å². The van der Waals surface area contributed by atoms with E-state index in [-0.39, 0.29) is 33.9 Å². The second kappa shape index (κ2) is 8.18. The highest BCUT2D eigenvalue weighted by Gasteiger charge is 2.78. The molecule has 2 bridgehead atoms. The Morgan fingerprint density at radius 1 is 0.943 bits per heavy atom. The van der Waals surface area contributed by atoms with E-state index < -0.39 is 5.60 Å². The summed E-state index contributed by atoms with van der Waals surface area (Å²) in [6.07, 6.45) is 17.0. The van der Waals surface area contributed by atoms with E-state index in [1.54, 1.807) is 0 Å². The second-order valence-corrected chi connectivity index (χ2v) is 13.9. The predicted octanol–water partition coefficient (Wildman–Crippen LogP) is 7.43. The molecule has 1 saturated heterocycles. The van der Waals surface area contributed by atoms with E-state index >= 15 is 0 Å². The summed E-state index contributed by atoms with van der Waals surface area (Å²) in [5, 5.41) is 0. The minimum absolute atomic E-state index is 0.00269. The fourth-order valence-electron chi connectivity index (χ4n) is 9.39. The molecule has 0 radical (unpaired) electrons. The van der Waals surface area contributed by atoms with Crippen molar-refractivity contribution < 1.29 is 19.3 Å².